The van der Waals surface area contributed by atoms with Crippen LogP contribution in [0.5, 0.6) is 5.88 Å². The molecule has 2 N–H and O–H groups in total. The van der Waals surface area contributed by atoms with E-state index in [0.29, 0.717) is 32.0 Å². The SMILES string of the molecule is COc1ccc([C@H]2OCC[C@@H]2NS(=O)(=O)c2c[nH]c(C(=O)N3CCCC3)c2)cn1. The Balaban J connectivity index is 1.48. The van der Waals surface area contributed by atoms with E-state index < -0.39 is 22.2 Å². The van der Waals surface area contributed by atoms with Crippen molar-refractivity contribution in [2.45, 2.75) is 36.3 Å². The van der Waals surface area contributed by atoms with Crippen LogP contribution < -0.4 is 9.46 Å². The summed E-state index contributed by atoms with van der Waals surface area (Å²) in [6.07, 6.45) is 5.03. The average Bonchev–Trinajstić information content (AvgIpc) is 3.48. The maximum Gasteiger partial charge on any atom is 0.270 e. The quantitative estimate of drug-likeness (QED) is 0.732. The summed E-state index contributed by atoms with van der Waals surface area (Å²) in [5, 5.41) is 0. The van der Waals surface area contributed by atoms with Crippen LogP contribution in [0.1, 0.15) is 41.4 Å². The molecular formula is C19H24N4O5S. The lowest BCUT2D eigenvalue weighted by Crippen LogP contribution is -2.36. The Morgan fingerprint density at radius 2 is 2.14 bits per heavy atom. The highest BCUT2D eigenvalue weighted by molar-refractivity contribution is 7.89. The maximum atomic E-state index is 12.9. The lowest BCUT2D eigenvalue weighted by Gasteiger charge is -2.19. The Morgan fingerprint density at radius 1 is 1.34 bits per heavy atom. The van der Waals surface area contributed by atoms with Gasteiger partial charge in [-0.15, -0.1) is 0 Å². The molecule has 4 heterocycles. The molecule has 4 rings (SSSR count). The van der Waals surface area contributed by atoms with Crippen LogP contribution in [0.4, 0.5) is 0 Å². The number of nitrogens with one attached hydrogen (secondary N) is 2. The summed E-state index contributed by atoms with van der Waals surface area (Å²) in [6, 6.07) is 4.49. The number of sulfonamides is 1. The fourth-order valence-electron chi connectivity index (χ4n) is 3.73. The molecule has 2 aliphatic rings. The second kappa shape index (κ2) is 8.13. The zero-order chi connectivity index (χ0) is 20.4. The van der Waals surface area contributed by atoms with Gasteiger partial charge in [-0.2, -0.15) is 0 Å². The number of carbonyl (C=O) groups is 1. The number of carbonyl (C=O) groups excluding carboxylic acids is 1. The van der Waals surface area contributed by atoms with E-state index in [0.717, 1.165) is 18.4 Å². The fourth-order valence-corrected chi connectivity index (χ4v) is 4.99. The fraction of sp³-hybridized carbons (Fsp3) is 0.474. The molecule has 2 aromatic rings. The summed E-state index contributed by atoms with van der Waals surface area (Å²) < 4.78 is 39.3. The van der Waals surface area contributed by atoms with Crippen LogP contribution in [0.2, 0.25) is 0 Å². The standard InChI is InChI=1S/C19H24N4O5S/c1-27-17-5-4-13(11-21-17)18-15(6-9-28-18)22-29(25,26)14-10-16(20-12-14)19(24)23-7-2-3-8-23/h4-5,10-12,15,18,20,22H,2-3,6-9H2,1H3/t15-,18+/m0/s1. The van der Waals surface area contributed by atoms with Crippen molar-refractivity contribution < 1.29 is 22.7 Å². The van der Waals surface area contributed by atoms with Gasteiger partial charge in [-0.3, -0.25) is 4.79 Å². The number of ether oxygens (including phenoxy) is 2. The number of aromatic nitrogens is 2. The Kier molecular flexibility index (Phi) is 5.57. The number of amides is 1. The van der Waals surface area contributed by atoms with E-state index in [4.69, 9.17) is 9.47 Å². The summed E-state index contributed by atoms with van der Waals surface area (Å²) >= 11 is 0. The normalized spacial score (nSPS) is 22.2. The van der Waals surface area contributed by atoms with Crippen molar-refractivity contribution in [3.05, 3.63) is 41.9 Å². The third-order valence-corrected chi connectivity index (χ3v) is 6.76. The summed E-state index contributed by atoms with van der Waals surface area (Å²) in [7, 11) is -2.28. The van der Waals surface area contributed by atoms with Crippen LogP contribution in [-0.2, 0) is 14.8 Å². The number of methoxy groups -OCH3 is 1. The second-order valence-corrected chi connectivity index (χ2v) is 8.90. The van der Waals surface area contributed by atoms with E-state index in [-0.39, 0.29) is 16.5 Å². The first-order valence-electron chi connectivity index (χ1n) is 9.59. The molecule has 0 radical (unpaired) electrons. The first-order valence-corrected chi connectivity index (χ1v) is 11.1. The van der Waals surface area contributed by atoms with E-state index >= 15 is 0 Å². The largest absolute Gasteiger partial charge is 0.481 e. The number of likely N-dealkylation sites (tertiary alicyclic amines) is 1. The Morgan fingerprint density at radius 3 is 2.83 bits per heavy atom. The lowest BCUT2D eigenvalue weighted by atomic mass is 10.1. The average molecular weight is 420 g/mol. The Labute approximate surface area is 169 Å². The number of pyridine rings is 1. The van der Waals surface area contributed by atoms with Crippen molar-refractivity contribution >= 4 is 15.9 Å². The van der Waals surface area contributed by atoms with Gasteiger partial charge in [0.1, 0.15) is 16.7 Å². The molecule has 0 spiro atoms. The third kappa shape index (κ3) is 4.14. The molecule has 0 aliphatic carbocycles. The molecule has 0 aromatic carbocycles. The van der Waals surface area contributed by atoms with Gasteiger partial charge in [0.05, 0.1) is 13.2 Å². The maximum absolute atomic E-state index is 12.9. The van der Waals surface area contributed by atoms with Gasteiger partial charge in [0.15, 0.2) is 0 Å². The van der Waals surface area contributed by atoms with Crippen LogP contribution in [0, 0.1) is 0 Å². The summed E-state index contributed by atoms with van der Waals surface area (Å²) in [5.74, 6) is 0.307. The third-order valence-electron chi connectivity index (χ3n) is 5.29. The Hall–Kier alpha value is -2.43. The van der Waals surface area contributed by atoms with Crippen molar-refractivity contribution in [2.24, 2.45) is 0 Å². The molecular weight excluding hydrogens is 396 g/mol. The minimum Gasteiger partial charge on any atom is -0.481 e. The van der Waals surface area contributed by atoms with Crippen LogP contribution in [-0.4, -0.2) is 62.0 Å². The summed E-state index contributed by atoms with van der Waals surface area (Å²) in [4.78, 5) is 21.2. The number of aromatic amines is 1. The molecule has 2 atom stereocenters. The zero-order valence-corrected chi connectivity index (χ0v) is 16.9. The molecule has 0 bridgehead atoms. The second-order valence-electron chi connectivity index (χ2n) is 7.19. The minimum atomic E-state index is -3.81. The topological polar surface area (TPSA) is 114 Å². The van der Waals surface area contributed by atoms with E-state index in [1.807, 2.05) is 6.07 Å². The number of nitrogens with zero attached hydrogens (tertiary/aromatic N) is 2. The minimum absolute atomic E-state index is 0.0403. The van der Waals surface area contributed by atoms with Crippen molar-refractivity contribution in [1.29, 1.82) is 0 Å². The molecule has 0 unspecified atom stereocenters. The molecule has 29 heavy (non-hydrogen) atoms. The van der Waals surface area contributed by atoms with E-state index in [9.17, 15) is 13.2 Å². The number of H-pyrrole nitrogens is 1. The van der Waals surface area contributed by atoms with Crippen LogP contribution in [0.25, 0.3) is 0 Å². The van der Waals surface area contributed by atoms with Crippen molar-refractivity contribution in [3.63, 3.8) is 0 Å². The summed E-state index contributed by atoms with van der Waals surface area (Å²) in [5.41, 5.74) is 1.06. The van der Waals surface area contributed by atoms with E-state index in [1.165, 1.54) is 19.4 Å². The Bertz CT molecular complexity index is 967. The van der Waals surface area contributed by atoms with Gasteiger partial charge in [-0.25, -0.2) is 18.1 Å². The highest BCUT2D eigenvalue weighted by Crippen LogP contribution is 2.30. The zero-order valence-electron chi connectivity index (χ0n) is 16.1. The van der Waals surface area contributed by atoms with Gasteiger partial charge in [-0.05, 0) is 31.4 Å². The summed E-state index contributed by atoms with van der Waals surface area (Å²) in [6.45, 7) is 1.85. The van der Waals surface area contributed by atoms with E-state index in [2.05, 4.69) is 14.7 Å². The predicted octanol–water partition coefficient (Wildman–Crippen LogP) is 1.46. The van der Waals surface area contributed by atoms with Crippen molar-refractivity contribution in [2.75, 3.05) is 26.8 Å². The first kappa shape index (κ1) is 19.9. The van der Waals surface area contributed by atoms with Crippen LogP contribution >= 0.6 is 0 Å². The number of hydrogen-bond donors (Lipinski definition) is 2. The first-order chi connectivity index (χ1) is 14.0. The van der Waals surface area contributed by atoms with E-state index in [1.54, 1.807) is 17.2 Å². The van der Waals surface area contributed by atoms with Gasteiger partial charge in [0, 0.05) is 43.7 Å². The van der Waals surface area contributed by atoms with Gasteiger partial charge in [0.2, 0.25) is 15.9 Å². The molecule has 1 amide bonds. The molecule has 9 nitrogen and oxygen atoms in total. The van der Waals surface area contributed by atoms with Crippen molar-refractivity contribution in [3.8, 4) is 5.88 Å². The van der Waals surface area contributed by atoms with Gasteiger partial charge in [-0.1, -0.05) is 0 Å². The van der Waals surface area contributed by atoms with Crippen LogP contribution in [0.3, 0.4) is 0 Å². The van der Waals surface area contributed by atoms with Gasteiger partial charge < -0.3 is 19.4 Å². The molecule has 0 saturated carbocycles. The molecule has 2 aliphatic heterocycles. The molecule has 10 heteroatoms. The molecule has 2 saturated heterocycles. The monoisotopic (exact) mass is 420 g/mol. The molecule has 2 fully saturated rings. The number of hydrogen-bond acceptors (Lipinski definition) is 6. The predicted molar refractivity (Wildman–Crippen MR) is 104 cm³/mol. The lowest BCUT2D eigenvalue weighted by molar-refractivity contribution is 0.0787. The molecule has 156 valence electrons. The number of rotatable bonds is 6. The highest BCUT2D eigenvalue weighted by Gasteiger charge is 2.34. The van der Waals surface area contributed by atoms with Crippen LogP contribution in [0.15, 0.2) is 35.5 Å². The van der Waals surface area contributed by atoms with Crippen molar-refractivity contribution in [1.82, 2.24) is 19.6 Å². The smallest absolute Gasteiger partial charge is 0.270 e. The molecule has 2 aromatic heterocycles. The van der Waals surface area contributed by atoms with Gasteiger partial charge >= 0.3 is 0 Å². The highest BCUT2D eigenvalue weighted by atomic mass is 32.2. The van der Waals surface area contributed by atoms with Gasteiger partial charge in [0.25, 0.3) is 5.91 Å².